The van der Waals surface area contributed by atoms with Crippen molar-refractivity contribution in [1.29, 1.82) is 0 Å². The van der Waals surface area contributed by atoms with Gasteiger partial charge in [-0.05, 0) is 18.8 Å². The van der Waals surface area contributed by atoms with Crippen LogP contribution in [0.1, 0.15) is 19.8 Å². The molecule has 1 aliphatic rings. The summed E-state index contributed by atoms with van der Waals surface area (Å²) in [5, 5.41) is 3.16. The van der Waals surface area contributed by atoms with Gasteiger partial charge >= 0.3 is 0 Å². The molecular formula is C9H17N3. The Morgan fingerprint density at radius 1 is 1.75 bits per heavy atom. The Labute approximate surface area is 73.7 Å². The van der Waals surface area contributed by atoms with E-state index in [9.17, 15) is 0 Å². The fourth-order valence-corrected chi connectivity index (χ4v) is 1.44. The summed E-state index contributed by atoms with van der Waals surface area (Å²) in [4.78, 5) is 4.05. The summed E-state index contributed by atoms with van der Waals surface area (Å²) in [5.74, 6) is 1.39. The van der Waals surface area contributed by atoms with Crippen molar-refractivity contribution in [1.82, 2.24) is 5.32 Å². The van der Waals surface area contributed by atoms with E-state index in [1.807, 2.05) is 0 Å². The van der Waals surface area contributed by atoms with Crippen LogP contribution in [-0.4, -0.2) is 18.5 Å². The van der Waals surface area contributed by atoms with Crippen molar-refractivity contribution in [2.45, 2.75) is 25.8 Å². The first-order valence-corrected chi connectivity index (χ1v) is 4.39. The van der Waals surface area contributed by atoms with E-state index >= 15 is 0 Å². The predicted molar refractivity (Wildman–Crippen MR) is 52.0 cm³/mol. The summed E-state index contributed by atoms with van der Waals surface area (Å²) in [6.45, 7) is 6.41. The van der Waals surface area contributed by atoms with Gasteiger partial charge in [-0.25, -0.2) is 4.99 Å². The lowest BCUT2D eigenvalue weighted by Crippen LogP contribution is -2.46. The first-order chi connectivity index (χ1) is 5.72. The van der Waals surface area contributed by atoms with Gasteiger partial charge in [0.1, 0.15) is 0 Å². The van der Waals surface area contributed by atoms with E-state index in [2.05, 4.69) is 23.8 Å². The molecule has 3 N–H and O–H groups in total. The molecule has 0 aromatic carbocycles. The van der Waals surface area contributed by atoms with Crippen molar-refractivity contribution < 1.29 is 0 Å². The Morgan fingerprint density at radius 2 is 2.42 bits per heavy atom. The van der Waals surface area contributed by atoms with E-state index in [1.54, 1.807) is 6.08 Å². The van der Waals surface area contributed by atoms with Crippen LogP contribution in [-0.2, 0) is 0 Å². The Hall–Kier alpha value is -0.990. The van der Waals surface area contributed by atoms with E-state index in [0.717, 1.165) is 5.92 Å². The number of nitrogens with two attached hydrogens (primary N) is 1. The molecule has 68 valence electrons. The van der Waals surface area contributed by atoms with Crippen LogP contribution in [0.2, 0.25) is 0 Å². The van der Waals surface area contributed by atoms with Crippen LogP contribution in [0, 0.1) is 5.92 Å². The molecule has 0 aromatic rings. The third kappa shape index (κ3) is 2.57. The van der Waals surface area contributed by atoms with Gasteiger partial charge < -0.3 is 11.1 Å². The summed E-state index contributed by atoms with van der Waals surface area (Å²) >= 11 is 0. The molecule has 0 amide bonds. The molecule has 1 fully saturated rings. The topological polar surface area (TPSA) is 50.4 Å². The number of nitrogens with one attached hydrogen (secondary N) is 1. The molecule has 0 aromatic heterocycles. The van der Waals surface area contributed by atoms with E-state index in [0.29, 0.717) is 18.5 Å². The second kappa shape index (κ2) is 4.14. The molecule has 3 nitrogen and oxygen atoms in total. The van der Waals surface area contributed by atoms with E-state index < -0.39 is 0 Å². The molecule has 0 bridgehead atoms. The molecule has 0 atom stereocenters. The third-order valence-corrected chi connectivity index (χ3v) is 2.12. The van der Waals surface area contributed by atoms with Crippen molar-refractivity contribution in [2.75, 3.05) is 6.54 Å². The molecule has 0 heterocycles. The quantitative estimate of drug-likeness (QED) is 0.372. The highest BCUT2D eigenvalue weighted by Gasteiger charge is 2.25. The van der Waals surface area contributed by atoms with Crippen molar-refractivity contribution in [3.8, 4) is 0 Å². The molecule has 12 heavy (non-hydrogen) atoms. The minimum Gasteiger partial charge on any atom is -0.370 e. The lowest BCUT2D eigenvalue weighted by molar-refractivity contribution is 0.267. The lowest BCUT2D eigenvalue weighted by Gasteiger charge is -2.33. The maximum Gasteiger partial charge on any atom is 0.189 e. The molecule has 0 aliphatic heterocycles. The number of aliphatic imine (C=N–C) groups is 1. The van der Waals surface area contributed by atoms with Crippen LogP contribution >= 0.6 is 0 Å². The Kier molecular flexibility index (Phi) is 3.14. The van der Waals surface area contributed by atoms with E-state index in [4.69, 9.17) is 5.73 Å². The average molecular weight is 167 g/mol. The number of rotatable bonds is 3. The SMILES string of the molecule is C=CCN=C(N)NC1CC(C)C1. The molecule has 1 aliphatic carbocycles. The lowest BCUT2D eigenvalue weighted by atomic mass is 9.82. The molecule has 1 rings (SSSR count). The van der Waals surface area contributed by atoms with Crippen LogP contribution in [0.15, 0.2) is 17.6 Å². The van der Waals surface area contributed by atoms with Crippen LogP contribution in [0.4, 0.5) is 0 Å². The monoisotopic (exact) mass is 167 g/mol. The Bertz CT molecular complexity index is 180. The Morgan fingerprint density at radius 3 is 2.92 bits per heavy atom. The highest BCUT2D eigenvalue weighted by molar-refractivity contribution is 5.78. The van der Waals surface area contributed by atoms with Crippen molar-refractivity contribution in [2.24, 2.45) is 16.6 Å². The number of hydrogen-bond donors (Lipinski definition) is 2. The third-order valence-electron chi connectivity index (χ3n) is 2.12. The van der Waals surface area contributed by atoms with Gasteiger partial charge in [-0.15, -0.1) is 6.58 Å². The minimum atomic E-state index is 0.548. The van der Waals surface area contributed by atoms with Crippen LogP contribution in [0.5, 0.6) is 0 Å². The van der Waals surface area contributed by atoms with Gasteiger partial charge in [0, 0.05) is 6.04 Å². The molecular weight excluding hydrogens is 150 g/mol. The highest BCUT2D eigenvalue weighted by atomic mass is 15.1. The first kappa shape index (κ1) is 9.10. The average Bonchev–Trinajstić information content (AvgIpc) is 1.98. The van der Waals surface area contributed by atoms with Gasteiger partial charge in [0.25, 0.3) is 0 Å². The number of nitrogens with zero attached hydrogens (tertiary/aromatic N) is 1. The second-order valence-electron chi connectivity index (χ2n) is 3.43. The van der Waals surface area contributed by atoms with Gasteiger partial charge in [-0.1, -0.05) is 13.0 Å². The zero-order chi connectivity index (χ0) is 8.97. The highest BCUT2D eigenvalue weighted by Crippen LogP contribution is 2.25. The summed E-state index contributed by atoms with van der Waals surface area (Å²) < 4.78 is 0. The van der Waals surface area contributed by atoms with Crippen LogP contribution in [0.25, 0.3) is 0 Å². The summed E-state index contributed by atoms with van der Waals surface area (Å²) in [6.07, 6.45) is 4.16. The molecule has 0 spiro atoms. The van der Waals surface area contributed by atoms with Gasteiger partial charge in [-0.3, -0.25) is 0 Å². The first-order valence-electron chi connectivity index (χ1n) is 4.39. The predicted octanol–water partition coefficient (Wildman–Crippen LogP) is 0.875. The molecule has 0 unspecified atom stereocenters. The van der Waals surface area contributed by atoms with Gasteiger partial charge in [0.15, 0.2) is 5.96 Å². The summed E-state index contributed by atoms with van der Waals surface area (Å²) in [5.41, 5.74) is 5.61. The van der Waals surface area contributed by atoms with Gasteiger partial charge in [-0.2, -0.15) is 0 Å². The van der Waals surface area contributed by atoms with Gasteiger partial charge in [0.2, 0.25) is 0 Å². The van der Waals surface area contributed by atoms with Crippen LogP contribution in [0.3, 0.4) is 0 Å². The standard InChI is InChI=1S/C9H17N3/c1-3-4-11-9(10)12-8-5-7(2)6-8/h3,7-8H,1,4-6H2,2H3,(H3,10,11,12). The largest absolute Gasteiger partial charge is 0.370 e. The minimum absolute atomic E-state index is 0.548. The maximum atomic E-state index is 5.61. The zero-order valence-electron chi connectivity index (χ0n) is 7.59. The van der Waals surface area contributed by atoms with Crippen molar-refractivity contribution in [3.05, 3.63) is 12.7 Å². The maximum absolute atomic E-state index is 5.61. The fraction of sp³-hybridized carbons (Fsp3) is 0.667. The fourth-order valence-electron chi connectivity index (χ4n) is 1.44. The number of guanidine groups is 1. The van der Waals surface area contributed by atoms with E-state index in [1.165, 1.54) is 12.8 Å². The summed E-state index contributed by atoms with van der Waals surface area (Å²) in [7, 11) is 0. The second-order valence-corrected chi connectivity index (χ2v) is 3.43. The molecule has 0 radical (unpaired) electrons. The molecule has 1 saturated carbocycles. The van der Waals surface area contributed by atoms with Gasteiger partial charge in [0.05, 0.1) is 6.54 Å². The zero-order valence-corrected chi connectivity index (χ0v) is 7.59. The van der Waals surface area contributed by atoms with E-state index in [-0.39, 0.29) is 0 Å². The van der Waals surface area contributed by atoms with Crippen molar-refractivity contribution in [3.63, 3.8) is 0 Å². The molecule has 0 saturated heterocycles. The van der Waals surface area contributed by atoms with Crippen LogP contribution < -0.4 is 11.1 Å². The van der Waals surface area contributed by atoms with Crippen molar-refractivity contribution >= 4 is 5.96 Å². The number of hydrogen-bond acceptors (Lipinski definition) is 1. The normalized spacial score (nSPS) is 29.2. The molecule has 3 heteroatoms. The Balaban J connectivity index is 2.17. The smallest absolute Gasteiger partial charge is 0.189 e. The summed E-state index contributed by atoms with van der Waals surface area (Å²) in [6, 6.07) is 0.550.